The van der Waals surface area contributed by atoms with E-state index < -0.39 is 0 Å². The number of nitrogens with one attached hydrogen (secondary N) is 1. The van der Waals surface area contributed by atoms with E-state index in [1.165, 1.54) is 29.2 Å². The van der Waals surface area contributed by atoms with Gasteiger partial charge in [0.15, 0.2) is 5.82 Å². The van der Waals surface area contributed by atoms with Crippen molar-refractivity contribution in [3.8, 4) is 5.75 Å². The molecule has 8 nitrogen and oxygen atoms in total. The lowest BCUT2D eigenvalue weighted by Crippen LogP contribution is -2.34. The second kappa shape index (κ2) is 9.79. The number of nitrogens with zero attached hydrogens (tertiary/aromatic N) is 4. The second-order valence-electron chi connectivity index (χ2n) is 9.04. The average Bonchev–Trinajstić information content (AvgIpc) is 3.43. The minimum atomic E-state index is -0.230. The van der Waals surface area contributed by atoms with E-state index >= 15 is 0 Å². The van der Waals surface area contributed by atoms with E-state index in [0.717, 1.165) is 50.0 Å². The summed E-state index contributed by atoms with van der Waals surface area (Å²) in [4.78, 5) is 15.1. The third-order valence-electron chi connectivity index (χ3n) is 6.63. The smallest absolute Gasteiger partial charge is 0.255 e. The number of methoxy groups -OCH3 is 1. The molecule has 0 saturated carbocycles. The SMILES string of the molecule is COc1ccc(CN2CCc3nnc([C@H](NC(=O)c4ccoc4)C(C)C)n3CC2)c(C)c1C. The van der Waals surface area contributed by atoms with E-state index in [4.69, 9.17) is 9.15 Å². The first-order valence-corrected chi connectivity index (χ1v) is 11.5. The lowest BCUT2D eigenvalue weighted by atomic mass is 10.0. The number of carbonyl (C=O) groups is 1. The molecule has 1 N–H and O–H groups in total. The van der Waals surface area contributed by atoms with E-state index in [-0.39, 0.29) is 17.9 Å². The molecule has 2 aromatic heterocycles. The van der Waals surface area contributed by atoms with Crippen LogP contribution >= 0.6 is 0 Å². The van der Waals surface area contributed by atoms with Crippen molar-refractivity contribution in [2.24, 2.45) is 5.92 Å². The third kappa shape index (κ3) is 4.80. The van der Waals surface area contributed by atoms with Gasteiger partial charge in [0.25, 0.3) is 5.91 Å². The Morgan fingerprint density at radius 1 is 1.15 bits per heavy atom. The Hall–Kier alpha value is -3.13. The first-order valence-electron chi connectivity index (χ1n) is 11.5. The number of hydrogen-bond acceptors (Lipinski definition) is 6. The van der Waals surface area contributed by atoms with Crippen molar-refractivity contribution in [2.45, 2.75) is 53.2 Å². The van der Waals surface area contributed by atoms with Gasteiger partial charge in [-0.2, -0.15) is 0 Å². The summed E-state index contributed by atoms with van der Waals surface area (Å²) in [5, 5.41) is 12.1. The lowest BCUT2D eigenvalue weighted by molar-refractivity contribution is 0.0921. The van der Waals surface area contributed by atoms with Crippen LogP contribution in [0.5, 0.6) is 5.75 Å². The summed E-state index contributed by atoms with van der Waals surface area (Å²) < 4.78 is 12.7. The van der Waals surface area contributed by atoms with Crippen LogP contribution in [0.15, 0.2) is 35.1 Å². The standard InChI is InChI=1S/C25H33N5O3/c1-16(2)23(26-25(31)20-9-13-33-15-20)24-28-27-22-8-10-29(11-12-30(22)24)14-19-6-7-21(32-5)18(4)17(19)3/h6-7,9,13,15-16,23H,8,10-12,14H2,1-5H3,(H,26,31)/t23-/m1/s1. The Kier molecular flexibility index (Phi) is 6.83. The van der Waals surface area contributed by atoms with E-state index in [0.29, 0.717) is 5.56 Å². The van der Waals surface area contributed by atoms with Crippen LogP contribution in [0.1, 0.15) is 58.6 Å². The van der Waals surface area contributed by atoms with Crippen LogP contribution in [-0.4, -0.2) is 45.8 Å². The van der Waals surface area contributed by atoms with Gasteiger partial charge in [-0.25, -0.2) is 0 Å². The number of fused-ring (bicyclic) bond motifs is 1. The summed E-state index contributed by atoms with van der Waals surface area (Å²) in [6.45, 7) is 11.9. The maximum atomic E-state index is 12.7. The number of furan rings is 1. The van der Waals surface area contributed by atoms with Crippen LogP contribution in [-0.2, 0) is 19.5 Å². The summed E-state index contributed by atoms with van der Waals surface area (Å²) in [5.41, 5.74) is 4.30. The highest BCUT2D eigenvalue weighted by atomic mass is 16.5. The maximum Gasteiger partial charge on any atom is 0.255 e. The summed E-state index contributed by atoms with van der Waals surface area (Å²) in [6.07, 6.45) is 3.78. The number of rotatable bonds is 7. The first-order chi connectivity index (χ1) is 15.9. The molecule has 0 unspecified atom stereocenters. The van der Waals surface area contributed by atoms with Crippen molar-refractivity contribution in [1.82, 2.24) is 25.0 Å². The molecule has 1 amide bonds. The molecule has 1 aliphatic rings. The molecule has 0 saturated heterocycles. The van der Waals surface area contributed by atoms with Crippen molar-refractivity contribution in [2.75, 3.05) is 20.2 Å². The molecule has 8 heteroatoms. The van der Waals surface area contributed by atoms with Crippen molar-refractivity contribution >= 4 is 5.91 Å². The highest BCUT2D eigenvalue weighted by molar-refractivity contribution is 5.94. The third-order valence-corrected chi connectivity index (χ3v) is 6.63. The molecule has 1 aromatic carbocycles. The van der Waals surface area contributed by atoms with Crippen molar-refractivity contribution in [1.29, 1.82) is 0 Å². The fourth-order valence-electron chi connectivity index (χ4n) is 4.41. The average molecular weight is 452 g/mol. The van der Waals surface area contributed by atoms with Crippen LogP contribution in [0.25, 0.3) is 0 Å². The first kappa shape index (κ1) is 23.0. The van der Waals surface area contributed by atoms with Gasteiger partial charge in [-0.15, -0.1) is 10.2 Å². The van der Waals surface area contributed by atoms with Crippen LogP contribution in [0, 0.1) is 19.8 Å². The quantitative estimate of drug-likeness (QED) is 0.590. The topological polar surface area (TPSA) is 85.4 Å². The Labute approximate surface area is 194 Å². The number of aromatic nitrogens is 3. The van der Waals surface area contributed by atoms with E-state index in [1.807, 2.05) is 0 Å². The fraction of sp³-hybridized carbons (Fsp3) is 0.480. The van der Waals surface area contributed by atoms with Crippen molar-refractivity contribution in [3.05, 3.63) is 64.6 Å². The Morgan fingerprint density at radius 3 is 2.67 bits per heavy atom. The lowest BCUT2D eigenvalue weighted by Gasteiger charge is -2.24. The minimum Gasteiger partial charge on any atom is -0.496 e. The van der Waals surface area contributed by atoms with Gasteiger partial charge >= 0.3 is 0 Å². The molecule has 0 aliphatic carbocycles. The van der Waals surface area contributed by atoms with Gasteiger partial charge in [0.1, 0.15) is 17.8 Å². The Morgan fingerprint density at radius 2 is 1.97 bits per heavy atom. The molecule has 1 atom stereocenters. The summed E-state index contributed by atoms with van der Waals surface area (Å²) in [7, 11) is 1.71. The maximum absolute atomic E-state index is 12.7. The zero-order valence-corrected chi connectivity index (χ0v) is 20.1. The number of carbonyl (C=O) groups excluding carboxylic acids is 1. The molecule has 3 heterocycles. The van der Waals surface area contributed by atoms with Gasteiger partial charge in [-0.05, 0) is 48.6 Å². The van der Waals surface area contributed by atoms with Gasteiger partial charge in [-0.1, -0.05) is 19.9 Å². The van der Waals surface area contributed by atoms with Gasteiger partial charge in [-0.3, -0.25) is 9.69 Å². The molecule has 0 radical (unpaired) electrons. The predicted molar refractivity (Wildman–Crippen MR) is 125 cm³/mol. The molecule has 4 rings (SSSR count). The summed E-state index contributed by atoms with van der Waals surface area (Å²) in [5.74, 6) is 2.72. The highest BCUT2D eigenvalue weighted by Crippen LogP contribution is 2.26. The monoisotopic (exact) mass is 451 g/mol. The van der Waals surface area contributed by atoms with Gasteiger partial charge < -0.3 is 19.0 Å². The molecule has 1 aliphatic heterocycles. The number of benzene rings is 1. The molecule has 33 heavy (non-hydrogen) atoms. The van der Waals surface area contributed by atoms with E-state index in [9.17, 15) is 4.79 Å². The van der Waals surface area contributed by atoms with E-state index in [1.54, 1.807) is 13.2 Å². The van der Waals surface area contributed by atoms with Crippen LogP contribution < -0.4 is 10.1 Å². The molecule has 0 spiro atoms. The van der Waals surface area contributed by atoms with E-state index in [2.05, 4.69) is 64.8 Å². The number of hydrogen-bond donors (Lipinski definition) is 1. The molecular weight excluding hydrogens is 418 g/mol. The van der Waals surface area contributed by atoms with Crippen LogP contribution in [0.2, 0.25) is 0 Å². The minimum absolute atomic E-state index is 0.165. The summed E-state index contributed by atoms with van der Waals surface area (Å²) >= 11 is 0. The normalized spacial score (nSPS) is 15.2. The fourth-order valence-corrected chi connectivity index (χ4v) is 4.41. The largest absolute Gasteiger partial charge is 0.496 e. The Bertz CT molecular complexity index is 1100. The molecule has 176 valence electrons. The Balaban J connectivity index is 1.49. The van der Waals surface area contributed by atoms with Crippen LogP contribution in [0.4, 0.5) is 0 Å². The predicted octanol–water partition coefficient (Wildman–Crippen LogP) is 3.68. The van der Waals surface area contributed by atoms with Gasteiger partial charge in [0.2, 0.25) is 0 Å². The van der Waals surface area contributed by atoms with Gasteiger partial charge in [0, 0.05) is 32.6 Å². The van der Waals surface area contributed by atoms with Crippen molar-refractivity contribution < 1.29 is 13.9 Å². The zero-order chi connectivity index (χ0) is 23.5. The number of ether oxygens (including phenoxy) is 1. The number of amides is 1. The summed E-state index contributed by atoms with van der Waals surface area (Å²) in [6, 6.07) is 5.65. The zero-order valence-electron chi connectivity index (χ0n) is 20.1. The molecule has 0 bridgehead atoms. The van der Waals surface area contributed by atoms with Crippen LogP contribution in [0.3, 0.4) is 0 Å². The second-order valence-corrected chi connectivity index (χ2v) is 9.04. The van der Waals surface area contributed by atoms with Gasteiger partial charge in [0.05, 0.1) is 25.0 Å². The molecule has 0 fully saturated rings. The molecule has 3 aromatic rings. The van der Waals surface area contributed by atoms with Crippen molar-refractivity contribution in [3.63, 3.8) is 0 Å². The molecular formula is C25H33N5O3. The highest BCUT2D eigenvalue weighted by Gasteiger charge is 2.28.